The summed E-state index contributed by atoms with van der Waals surface area (Å²) in [6.45, 7) is 1.23. The SMILES string of the molecule is Cc1nc2c(-c3ccccc3)c(C(F)(F)F)[nH]n2c(=O)c1C(=O)NS(=O)(=O)c1cc#ccc1. The Morgan fingerprint density at radius 1 is 1.15 bits per heavy atom. The molecule has 0 aliphatic rings. The number of hydrogen-bond donors (Lipinski definition) is 2. The maximum absolute atomic E-state index is 13.7. The number of fused-ring (bicyclic) bond motifs is 1. The fourth-order valence-electron chi connectivity index (χ4n) is 3.26. The van der Waals surface area contributed by atoms with Crippen molar-refractivity contribution in [2.75, 3.05) is 0 Å². The first-order chi connectivity index (χ1) is 15.5. The van der Waals surface area contributed by atoms with E-state index in [1.54, 1.807) is 10.8 Å². The van der Waals surface area contributed by atoms with Gasteiger partial charge in [0.05, 0.1) is 16.2 Å². The second kappa shape index (κ2) is 7.79. The Hall–Kier alpha value is -4.11. The highest BCUT2D eigenvalue weighted by Gasteiger charge is 2.38. The van der Waals surface area contributed by atoms with Gasteiger partial charge in [-0.1, -0.05) is 42.5 Å². The summed E-state index contributed by atoms with van der Waals surface area (Å²) >= 11 is 0. The van der Waals surface area contributed by atoms with E-state index >= 15 is 0 Å². The summed E-state index contributed by atoms with van der Waals surface area (Å²) in [5.74, 6) is -1.34. The van der Waals surface area contributed by atoms with Crippen LogP contribution in [0, 0.1) is 19.1 Å². The van der Waals surface area contributed by atoms with Crippen LogP contribution in [0.25, 0.3) is 16.8 Å². The van der Waals surface area contributed by atoms with Crippen molar-refractivity contribution in [3.8, 4) is 11.1 Å². The Morgan fingerprint density at radius 2 is 1.85 bits per heavy atom. The largest absolute Gasteiger partial charge is 0.433 e. The van der Waals surface area contributed by atoms with Gasteiger partial charge in [0.2, 0.25) is 0 Å². The topological polar surface area (TPSA) is 113 Å². The lowest BCUT2D eigenvalue weighted by atomic mass is 10.1. The summed E-state index contributed by atoms with van der Waals surface area (Å²) in [5, 5.41) is 1.97. The van der Waals surface area contributed by atoms with Crippen LogP contribution in [0.2, 0.25) is 0 Å². The number of aromatic nitrogens is 3. The first kappa shape index (κ1) is 22.1. The highest BCUT2D eigenvalue weighted by Crippen LogP contribution is 2.38. The van der Waals surface area contributed by atoms with Crippen molar-refractivity contribution in [2.45, 2.75) is 18.0 Å². The summed E-state index contributed by atoms with van der Waals surface area (Å²) < 4.78 is 68.3. The van der Waals surface area contributed by atoms with Crippen molar-refractivity contribution in [3.63, 3.8) is 0 Å². The number of nitrogens with one attached hydrogen (secondary N) is 2. The van der Waals surface area contributed by atoms with Crippen LogP contribution in [-0.4, -0.2) is 28.9 Å². The smallest absolute Gasteiger partial charge is 0.284 e. The van der Waals surface area contributed by atoms with Gasteiger partial charge in [-0.3, -0.25) is 14.7 Å². The number of aryl methyl sites for hydroxylation is 1. The predicted molar refractivity (Wildman–Crippen MR) is 110 cm³/mol. The van der Waals surface area contributed by atoms with E-state index in [0.29, 0.717) is 4.52 Å². The minimum Gasteiger partial charge on any atom is -0.284 e. The van der Waals surface area contributed by atoms with Gasteiger partial charge in [-0.15, -0.1) is 0 Å². The second-order valence-corrected chi connectivity index (χ2v) is 8.55. The highest BCUT2D eigenvalue weighted by atomic mass is 32.2. The molecule has 0 saturated carbocycles. The van der Waals surface area contributed by atoms with Gasteiger partial charge in [-0.25, -0.2) is 18.1 Å². The predicted octanol–water partition coefficient (Wildman–Crippen LogP) is 2.74. The number of amides is 1. The summed E-state index contributed by atoms with van der Waals surface area (Å²) in [4.78, 5) is 29.4. The molecule has 12 heteroatoms. The van der Waals surface area contributed by atoms with E-state index in [4.69, 9.17) is 0 Å². The van der Waals surface area contributed by atoms with Crippen molar-refractivity contribution in [3.05, 3.63) is 88.0 Å². The van der Waals surface area contributed by atoms with Crippen LogP contribution in [-0.2, 0) is 16.2 Å². The first-order valence-electron chi connectivity index (χ1n) is 9.23. The third-order valence-corrected chi connectivity index (χ3v) is 6.03. The molecule has 0 bridgehead atoms. The molecule has 2 heterocycles. The molecule has 4 rings (SSSR count). The van der Waals surface area contributed by atoms with Crippen LogP contribution in [0.4, 0.5) is 13.2 Å². The number of carbonyl (C=O) groups is 1. The normalized spacial score (nSPS) is 11.9. The Labute approximate surface area is 184 Å². The average Bonchev–Trinajstić information content (AvgIpc) is 3.15. The molecule has 2 N–H and O–H groups in total. The van der Waals surface area contributed by atoms with E-state index in [1.165, 1.54) is 37.3 Å². The number of halogens is 3. The van der Waals surface area contributed by atoms with Gasteiger partial charge in [0.15, 0.2) is 5.65 Å². The highest BCUT2D eigenvalue weighted by molar-refractivity contribution is 7.90. The molecule has 2 aromatic heterocycles. The molecule has 1 amide bonds. The van der Waals surface area contributed by atoms with Gasteiger partial charge in [0.1, 0.15) is 11.3 Å². The zero-order valence-corrected chi connectivity index (χ0v) is 17.5. The molecule has 0 unspecified atom stereocenters. The summed E-state index contributed by atoms with van der Waals surface area (Å²) in [6.07, 6.45) is -4.87. The molecule has 0 spiro atoms. The monoisotopic (exact) mass is 474 g/mol. The molecule has 8 nitrogen and oxygen atoms in total. The molecular formula is C21H13F3N4O4S. The molecule has 0 fully saturated rings. The Kier molecular flexibility index (Phi) is 5.21. The summed E-state index contributed by atoms with van der Waals surface area (Å²) in [7, 11) is -4.38. The minimum absolute atomic E-state index is 0.145. The fourth-order valence-corrected chi connectivity index (χ4v) is 4.18. The van der Waals surface area contributed by atoms with E-state index in [0.717, 1.165) is 12.1 Å². The maximum atomic E-state index is 13.7. The van der Waals surface area contributed by atoms with Crippen molar-refractivity contribution >= 4 is 21.6 Å². The standard InChI is InChI=1S/C21H13F3N4O4S/c1-12-15(19(29)27-33(31,32)14-10-6-3-7-11-14)20(30)28-18(25-12)16(13-8-4-2-5-9-13)17(26-28)21(22,23)24/h2,4-6,8-11,26H,1H3,(H,27,29). The third-order valence-electron chi connectivity index (χ3n) is 4.70. The van der Waals surface area contributed by atoms with E-state index in [2.05, 4.69) is 17.1 Å². The Bertz CT molecular complexity index is 1530. The van der Waals surface area contributed by atoms with E-state index in [-0.39, 0.29) is 27.4 Å². The summed E-state index contributed by atoms with van der Waals surface area (Å²) in [6, 6.07) is 15.9. The number of hydrogen-bond acceptors (Lipinski definition) is 5. The van der Waals surface area contributed by atoms with Gasteiger partial charge in [0, 0.05) is 6.07 Å². The number of sulfonamides is 1. The van der Waals surface area contributed by atoms with Crippen molar-refractivity contribution in [1.82, 2.24) is 19.3 Å². The number of alkyl halides is 3. The van der Waals surface area contributed by atoms with Gasteiger partial charge < -0.3 is 0 Å². The minimum atomic E-state index is -4.87. The van der Waals surface area contributed by atoms with Crippen LogP contribution in [0.15, 0.2) is 58.2 Å². The average molecular weight is 474 g/mol. The quantitative estimate of drug-likeness (QED) is 0.472. The molecular weight excluding hydrogens is 461 g/mol. The second-order valence-electron chi connectivity index (χ2n) is 6.87. The molecule has 2 aromatic carbocycles. The zero-order valence-electron chi connectivity index (χ0n) is 16.7. The van der Waals surface area contributed by atoms with E-state index in [1.807, 2.05) is 5.10 Å². The van der Waals surface area contributed by atoms with Gasteiger partial charge >= 0.3 is 6.18 Å². The lowest BCUT2D eigenvalue weighted by molar-refractivity contribution is -0.140. The molecule has 0 aliphatic carbocycles. The van der Waals surface area contributed by atoms with Crippen molar-refractivity contribution in [1.29, 1.82) is 0 Å². The lowest BCUT2D eigenvalue weighted by Crippen LogP contribution is -2.36. The lowest BCUT2D eigenvalue weighted by Gasteiger charge is -2.08. The number of nitrogens with zero attached hydrogens (tertiary/aromatic N) is 2. The number of carbonyl (C=O) groups excluding carboxylic acids is 1. The van der Waals surface area contributed by atoms with Crippen LogP contribution in [0.3, 0.4) is 0 Å². The fraction of sp³-hybridized carbons (Fsp3) is 0.0952. The summed E-state index contributed by atoms with van der Waals surface area (Å²) in [5.41, 5.74) is -3.98. The third kappa shape index (κ3) is 3.94. The van der Waals surface area contributed by atoms with Crippen LogP contribution < -0.4 is 10.3 Å². The molecule has 4 aromatic rings. The van der Waals surface area contributed by atoms with Gasteiger partial charge in [0.25, 0.3) is 21.5 Å². The van der Waals surface area contributed by atoms with Crippen molar-refractivity contribution < 1.29 is 26.4 Å². The molecule has 0 aliphatic heterocycles. The van der Waals surface area contributed by atoms with Crippen LogP contribution in [0.5, 0.6) is 0 Å². The maximum Gasteiger partial charge on any atom is 0.433 e. The van der Waals surface area contributed by atoms with E-state index in [9.17, 15) is 31.2 Å². The number of H-pyrrole nitrogens is 1. The van der Waals surface area contributed by atoms with Crippen LogP contribution >= 0.6 is 0 Å². The zero-order chi connectivity index (χ0) is 24.0. The molecule has 33 heavy (non-hydrogen) atoms. The van der Waals surface area contributed by atoms with Gasteiger partial charge in [-0.2, -0.15) is 17.7 Å². The number of rotatable bonds is 4. The molecule has 0 saturated heterocycles. The van der Waals surface area contributed by atoms with E-state index < -0.39 is 38.9 Å². The van der Waals surface area contributed by atoms with Crippen molar-refractivity contribution in [2.24, 2.45) is 0 Å². The molecule has 168 valence electrons. The molecule has 0 radical (unpaired) electrons. The van der Waals surface area contributed by atoms with Crippen LogP contribution in [0.1, 0.15) is 21.7 Å². The number of aromatic amines is 1. The van der Waals surface area contributed by atoms with Gasteiger partial charge in [-0.05, 0) is 24.6 Å². The Morgan fingerprint density at radius 3 is 2.45 bits per heavy atom. The Balaban J connectivity index is 1.89. The molecule has 0 atom stereocenters. The first-order valence-corrected chi connectivity index (χ1v) is 10.7. The number of benzene rings is 1.